The largest absolute Gasteiger partial charge is 0.454 e. The Bertz CT molecular complexity index is 983. The van der Waals surface area contributed by atoms with Crippen molar-refractivity contribution in [1.82, 2.24) is 10.4 Å². The molecule has 3 rings (SSSR count). The van der Waals surface area contributed by atoms with Gasteiger partial charge < -0.3 is 4.74 Å². The van der Waals surface area contributed by atoms with E-state index in [-0.39, 0.29) is 24.7 Å². The Morgan fingerprint density at radius 3 is 2.40 bits per heavy atom. The van der Waals surface area contributed by atoms with E-state index in [0.29, 0.717) is 11.1 Å². The number of ketones is 1. The van der Waals surface area contributed by atoms with Gasteiger partial charge >= 0.3 is 5.97 Å². The lowest BCUT2D eigenvalue weighted by Crippen LogP contribution is -2.43. The number of nitrogens with zero attached hydrogens (tertiary/aromatic N) is 1. The quantitative estimate of drug-likeness (QED) is 0.586. The van der Waals surface area contributed by atoms with Crippen molar-refractivity contribution >= 4 is 23.6 Å². The fraction of sp³-hybridized carbons (Fsp3) is 0.304. The van der Waals surface area contributed by atoms with Crippen molar-refractivity contribution in [3.8, 4) is 0 Å². The molecule has 0 aliphatic carbocycles. The van der Waals surface area contributed by atoms with Gasteiger partial charge in [0.2, 0.25) is 11.7 Å². The zero-order valence-corrected chi connectivity index (χ0v) is 17.2. The zero-order chi connectivity index (χ0) is 21.8. The van der Waals surface area contributed by atoms with Crippen LogP contribution in [0, 0.1) is 19.8 Å². The van der Waals surface area contributed by atoms with E-state index in [0.717, 1.165) is 16.1 Å². The minimum Gasteiger partial charge on any atom is -0.454 e. The summed E-state index contributed by atoms with van der Waals surface area (Å²) in [7, 11) is 0. The van der Waals surface area contributed by atoms with Crippen LogP contribution in [0.4, 0.5) is 0 Å². The Balaban J connectivity index is 1.57. The van der Waals surface area contributed by atoms with Crippen molar-refractivity contribution in [2.24, 2.45) is 5.92 Å². The number of hydrazine groups is 1. The van der Waals surface area contributed by atoms with E-state index in [9.17, 15) is 19.2 Å². The highest BCUT2D eigenvalue weighted by Gasteiger charge is 2.37. The van der Waals surface area contributed by atoms with Crippen LogP contribution in [-0.2, 0) is 14.3 Å². The van der Waals surface area contributed by atoms with Crippen molar-refractivity contribution in [3.05, 3.63) is 70.8 Å². The number of ether oxygens (including phenoxy) is 1. The number of benzene rings is 2. The number of esters is 1. The summed E-state index contributed by atoms with van der Waals surface area (Å²) in [6.45, 7) is 5.29. The monoisotopic (exact) mass is 408 g/mol. The molecule has 2 aromatic rings. The van der Waals surface area contributed by atoms with E-state index in [1.54, 1.807) is 30.3 Å². The highest BCUT2D eigenvalue weighted by Crippen LogP contribution is 2.19. The number of hydrogen-bond donors (Lipinski definition) is 1. The molecule has 0 radical (unpaired) electrons. The van der Waals surface area contributed by atoms with Crippen LogP contribution in [0.25, 0.3) is 0 Å². The molecule has 0 saturated carbocycles. The molecule has 0 aromatic heterocycles. The Labute approximate surface area is 175 Å². The van der Waals surface area contributed by atoms with E-state index >= 15 is 0 Å². The molecule has 2 atom stereocenters. The molecule has 156 valence electrons. The average molecular weight is 408 g/mol. The lowest BCUT2D eigenvalue weighted by molar-refractivity contribution is -0.151. The van der Waals surface area contributed by atoms with Gasteiger partial charge in [-0.2, -0.15) is 0 Å². The first kappa shape index (κ1) is 21.2. The molecular weight excluding hydrogens is 384 g/mol. The van der Waals surface area contributed by atoms with Crippen molar-refractivity contribution in [3.63, 3.8) is 0 Å². The Morgan fingerprint density at radius 2 is 1.73 bits per heavy atom. The van der Waals surface area contributed by atoms with Crippen molar-refractivity contribution < 1.29 is 23.9 Å². The molecule has 0 bridgehead atoms. The lowest BCUT2D eigenvalue weighted by Gasteiger charge is -2.18. The molecule has 1 saturated heterocycles. The average Bonchev–Trinajstić information content (AvgIpc) is 3.08. The van der Waals surface area contributed by atoms with Gasteiger partial charge in [0.15, 0.2) is 6.10 Å². The maximum atomic E-state index is 12.5. The third kappa shape index (κ3) is 4.92. The van der Waals surface area contributed by atoms with Gasteiger partial charge in [0.1, 0.15) is 0 Å². The van der Waals surface area contributed by atoms with E-state index in [1.165, 1.54) is 6.92 Å². The number of aryl methyl sites for hydroxylation is 2. The first-order valence-corrected chi connectivity index (χ1v) is 9.74. The van der Waals surface area contributed by atoms with Crippen LogP contribution in [-0.4, -0.2) is 41.2 Å². The second-order valence-corrected chi connectivity index (χ2v) is 7.53. The summed E-state index contributed by atoms with van der Waals surface area (Å²) in [5, 5.41) is 1.13. The second-order valence-electron chi connectivity index (χ2n) is 7.53. The Kier molecular flexibility index (Phi) is 6.30. The molecular formula is C23H24N2O5. The summed E-state index contributed by atoms with van der Waals surface area (Å²) in [5.41, 5.74) is 5.35. The maximum absolute atomic E-state index is 12.5. The molecule has 30 heavy (non-hydrogen) atoms. The second kappa shape index (κ2) is 8.90. The predicted octanol–water partition coefficient (Wildman–Crippen LogP) is 2.61. The minimum atomic E-state index is -0.966. The first-order chi connectivity index (χ1) is 14.2. The summed E-state index contributed by atoms with van der Waals surface area (Å²) in [4.78, 5) is 49.5. The van der Waals surface area contributed by atoms with E-state index in [1.807, 2.05) is 32.0 Å². The topological polar surface area (TPSA) is 92.8 Å². The molecule has 0 spiro atoms. The van der Waals surface area contributed by atoms with Crippen LogP contribution >= 0.6 is 0 Å². The number of carbonyl (C=O) groups is 4. The van der Waals surface area contributed by atoms with Gasteiger partial charge in [-0.1, -0.05) is 47.5 Å². The van der Waals surface area contributed by atoms with Gasteiger partial charge in [0, 0.05) is 17.5 Å². The number of hydrogen-bond acceptors (Lipinski definition) is 5. The van der Waals surface area contributed by atoms with Crippen LogP contribution < -0.4 is 5.43 Å². The van der Waals surface area contributed by atoms with Crippen LogP contribution in [0.2, 0.25) is 0 Å². The Morgan fingerprint density at radius 1 is 1.03 bits per heavy atom. The standard InChI is InChI=1S/C23H24N2O5/c1-14-7-9-17(10-8-14)21(27)16(3)30-23(29)19-12-20(26)25(13-19)24-22(28)18-6-4-5-15(2)11-18/h4-11,16,19H,12-13H2,1-3H3,(H,24,28). The maximum Gasteiger partial charge on any atom is 0.312 e. The predicted molar refractivity (Wildman–Crippen MR) is 110 cm³/mol. The number of rotatable bonds is 6. The van der Waals surface area contributed by atoms with Crippen LogP contribution in [0.5, 0.6) is 0 Å². The summed E-state index contributed by atoms with van der Waals surface area (Å²) in [6.07, 6.45) is -1.05. The van der Waals surface area contributed by atoms with Gasteiger partial charge in [-0.05, 0) is 32.9 Å². The summed E-state index contributed by atoms with van der Waals surface area (Å²) in [6, 6.07) is 14.0. The van der Waals surface area contributed by atoms with Crippen molar-refractivity contribution in [1.29, 1.82) is 0 Å². The zero-order valence-electron chi connectivity index (χ0n) is 17.2. The van der Waals surface area contributed by atoms with Gasteiger partial charge in [0.25, 0.3) is 5.91 Å². The molecule has 1 heterocycles. The van der Waals surface area contributed by atoms with E-state index in [4.69, 9.17) is 4.74 Å². The number of nitrogens with one attached hydrogen (secondary N) is 1. The highest BCUT2D eigenvalue weighted by molar-refractivity contribution is 6.00. The van der Waals surface area contributed by atoms with Crippen LogP contribution in [0.15, 0.2) is 48.5 Å². The molecule has 2 unspecified atom stereocenters. The number of amides is 2. The Hall–Kier alpha value is -3.48. The van der Waals surface area contributed by atoms with Crippen LogP contribution in [0.3, 0.4) is 0 Å². The van der Waals surface area contributed by atoms with Gasteiger partial charge in [-0.15, -0.1) is 0 Å². The van der Waals surface area contributed by atoms with E-state index in [2.05, 4.69) is 5.43 Å². The third-order valence-electron chi connectivity index (χ3n) is 4.97. The fourth-order valence-corrected chi connectivity index (χ4v) is 3.22. The van der Waals surface area contributed by atoms with Gasteiger partial charge in [-0.25, -0.2) is 0 Å². The summed E-state index contributed by atoms with van der Waals surface area (Å²) in [5.74, 6) is -2.50. The smallest absolute Gasteiger partial charge is 0.312 e. The molecule has 2 aromatic carbocycles. The van der Waals surface area contributed by atoms with Gasteiger partial charge in [-0.3, -0.25) is 29.6 Å². The normalized spacial score (nSPS) is 16.8. The number of carbonyl (C=O) groups excluding carboxylic acids is 4. The molecule has 1 fully saturated rings. The SMILES string of the molecule is Cc1ccc(C(=O)C(C)OC(=O)C2CC(=O)N(NC(=O)c3cccc(C)c3)C2)cc1. The van der Waals surface area contributed by atoms with E-state index < -0.39 is 23.9 Å². The van der Waals surface area contributed by atoms with Crippen LogP contribution in [0.1, 0.15) is 45.2 Å². The lowest BCUT2D eigenvalue weighted by atomic mass is 10.1. The summed E-state index contributed by atoms with van der Waals surface area (Å²) < 4.78 is 5.30. The molecule has 1 aliphatic rings. The molecule has 1 N–H and O–H groups in total. The fourth-order valence-electron chi connectivity index (χ4n) is 3.22. The molecule has 2 amide bonds. The van der Waals surface area contributed by atoms with Crippen molar-refractivity contribution in [2.75, 3.05) is 6.54 Å². The highest BCUT2D eigenvalue weighted by atomic mass is 16.5. The number of Topliss-reactive ketones (excluding diaryl/α,β-unsaturated/α-hetero) is 1. The summed E-state index contributed by atoms with van der Waals surface area (Å²) >= 11 is 0. The van der Waals surface area contributed by atoms with Gasteiger partial charge in [0.05, 0.1) is 12.5 Å². The molecule has 1 aliphatic heterocycles. The third-order valence-corrected chi connectivity index (χ3v) is 4.97. The van der Waals surface area contributed by atoms with Crippen molar-refractivity contribution in [2.45, 2.75) is 33.3 Å². The first-order valence-electron chi connectivity index (χ1n) is 9.74. The molecule has 7 nitrogen and oxygen atoms in total. The molecule has 7 heteroatoms. The minimum absolute atomic E-state index is 0.000659.